The zero-order chi connectivity index (χ0) is 26.8. The second-order valence-corrected chi connectivity index (χ2v) is 10.9. The fourth-order valence-electron chi connectivity index (χ4n) is 5.44. The molecule has 0 bridgehead atoms. The summed E-state index contributed by atoms with van der Waals surface area (Å²) in [7, 11) is 0. The summed E-state index contributed by atoms with van der Waals surface area (Å²) in [5.41, 5.74) is 3.07. The van der Waals surface area contributed by atoms with Gasteiger partial charge in [0.25, 0.3) is 5.56 Å². The number of benzene rings is 1. The van der Waals surface area contributed by atoms with Crippen LogP contribution in [0.5, 0.6) is 0 Å². The van der Waals surface area contributed by atoms with Crippen LogP contribution < -0.4 is 10.9 Å². The predicted molar refractivity (Wildman–Crippen MR) is 151 cm³/mol. The average Bonchev–Trinajstić information content (AvgIpc) is 3.75. The van der Waals surface area contributed by atoms with Crippen molar-refractivity contribution in [2.24, 2.45) is 5.92 Å². The minimum absolute atomic E-state index is 0.000207. The molecule has 1 saturated heterocycles. The molecule has 1 amide bonds. The highest BCUT2D eigenvalue weighted by Gasteiger charge is 2.32. The number of carbonyl (C=O) groups excluding carboxylic acids is 1. The van der Waals surface area contributed by atoms with E-state index in [1.165, 1.54) is 30.9 Å². The molecule has 3 heterocycles. The Morgan fingerprint density at radius 3 is 2.37 bits per heavy atom. The van der Waals surface area contributed by atoms with Crippen molar-refractivity contribution >= 4 is 22.9 Å². The summed E-state index contributed by atoms with van der Waals surface area (Å²) in [5, 5.41) is 4.26. The molecule has 0 radical (unpaired) electrons. The number of nitrogens with one attached hydrogen (secondary N) is 1. The van der Waals surface area contributed by atoms with Gasteiger partial charge in [-0.3, -0.25) is 19.1 Å². The van der Waals surface area contributed by atoms with Crippen LogP contribution in [0.4, 0.5) is 5.95 Å². The molecule has 1 aliphatic heterocycles. The van der Waals surface area contributed by atoms with Crippen LogP contribution >= 0.6 is 0 Å². The second kappa shape index (κ2) is 11.1. The molecule has 2 aliphatic rings. The normalized spacial score (nSPS) is 17.9. The van der Waals surface area contributed by atoms with Crippen molar-refractivity contribution in [2.45, 2.75) is 58.2 Å². The highest BCUT2D eigenvalue weighted by Crippen LogP contribution is 2.40. The molecule has 0 spiro atoms. The number of rotatable bonds is 9. The summed E-state index contributed by atoms with van der Waals surface area (Å²) < 4.78 is 1.70. The van der Waals surface area contributed by atoms with Gasteiger partial charge in [0.1, 0.15) is 5.65 Å². The minimum atomic E-state index is -0.0599. The third-order valence-corrected chi connectivity index (χ3v) is 7.85. The summed E-state index contributed by atoms with van der Waals surface area (Å²) in [6, 6.07) is 12.6. The van der Waals surface area contributed by atoms with Gasteiger partial charge in [0.2, 0.25) is 11.9 Å². The number of carbonyl (C=O) groups is 1. The van der Waals surface area contributed by atoms with Crippen molar-refractivity contribution in [3.63, 3.8) is 0 Å². The summed E-state index contributed by atoms with van der Waals surface area (Å²) in [6.07, 6.45) is 6.99. The van der Waals surface area contributed by atoms with Crippen molar-refractivity contribution in [1.29, 1.82) is 0 Å². The van der Waals surface area contributed by atoms with Crippen molar-refractivity contribution in [3.8, 4) is 0 Å². The van der Waals surface area contributed by atoms with Crippen LogP contribution in [0, 0.1) is 5.92 Å². The Kier molecular flexibility index (Phi) is 7.61. The Hall–Kier alpha value is -3.52. The Morgan fingerprint density at radius 2 is 1.74 bits per heavy atom. The van der Waals surface area contributed by atoms with Gasteiger partial charge in [0.05, 0.1) is 6.04 Å². The van der Waals surface area contributed by atoms with Crippen molar-refractivity contribution in [1.82, 2.24) is 24.3 Å². The molecule has 8 heteroatoms. The third kappa shape index (κ3) is 5.65. The van der Waals surface area contributed by atoms with Crippen LogP contribution in [0.1, 0.15) is 69.3 Å². The maximum atomic E-state index is 12.4. The van der Waals surface area contributed by atoms with Crippen LogP contribution in [0.25, 0.3) is 11.0 Å². The van der Waals surface area contributed by atoms with Crippen LogP contribution in [0.2, 0.25) is 0 Å². The van der Waals surface area contributed by atoms with E-state index in [9.17, 15) is 9.59 Å². The van der Waals surface area contributed by atoms with E-state index in [1.807, 2.05) is 18.7 Å². The Bertz CT molecular complexity index is 1350. The number of piperazine rings is 1. The monoisotopic (exact) mass is 514 g/mol. The molecular formula is C30H38N6O2. The highest BCUT2D eigenvalue weighted by molar-refractivity contribution is 5.87. The first-order valence-electron chi connectivity index (χ1n) is 13.7. The highest BCUT2D eigenvalue weighted by atomic mass is 16.2. The molecule has 2 fully saturated rings. The third-order valence-electron chi connectivity index (χ3n) is 7.85. The van der Waals surface area contributed by atoms with Gasteiger partial charge >= 0.3 is 0 Å². The molecule has 1 saturated carbocycles. The smallest absolute Gasteiger partial charge is 0.252 e. The fraction of sp³-hybridized carbons (Fsp3) is 0.467. The van der Waals surface area contributed by atoms with Gasteiger partial charge in [-0.25, -0.2) is 4.98 Å². The van der Waals surface area contributed by atoms with Gasteiger partial charge < -0.3 is 10.2 Å². The van der Waals surface area contributed by atoms with E-state index >= 15 is 0 Å². The SMILES string of the molecule is C=CC(=O)N1CCN([C@@H](CC2CC2)c2ccc([C@H](C)Nc3ncc4ccc(=O)n(C(C)C)c4n3)cc2)CC1. The lowest BCUT2D eigenvalue weighted by Crippen LogP contribution is -2.49. The molecule has 1 N–H and O–H groups in total. The molecule has 1 aliphatic carbocycles. The number of pyridine rings is 1. The lowest BCUT2D eigenvalue weighted by molar-refractivity contribution is -0.128. The van der Waals surface area contributed by atoms with Crippen LogP contribution in [-0.4, -0.2) is 56.4 Å². The van der Waals surface area contributed by atoms with Gasteiger partial charge in [-0.15, -0.1) is 0 Å². The van der Waals surface area contributed by atoms with Crippen molar-refractivity contribution in [3.05, 3.63) is 76.7 Å². The molecule has 2 aromatic heterocycles. The predicted octanol–water partition coefficient (Wildman–Crippen LogP) is 4.72. The van der Waals surface area contributed by atoms with E-state index in [2.05, 4.69) is 53.0 Å². The van der Waals surface area contributed by atoms with E-state index in [-0.39, 0.29) is 23.6 Å². The molecule has 2 atom stereocenters. The lowest BCUT2D eigenvalue weighted by Gasteiger charge is -2.39. The number of hydrogen-bond donors (Lipinski definition) is 1. The van der Waals surface area contributed by atoms with Gasteiger partial charge in [0.15, 0.2) is 0 Å². The van der Waals surface area contributed by atoms with E-state index < -0.39 is 0 Å². The van der Waals surface area contributed by atoms with E-state index in [4.69, 9.17) is 4.98 Å². The number of amides is 1. The molecular weight excluding hydrogens is 476 g/mol. The lowest BCUT2D eigenvalue weighted by atomic mass is 9.96. The van der Waals surface area contributed by atoms with E-state index in [0.29, 0.717) is 17.6 Å². The molecule has 3 aromatic rings. The first-order chi connectivity index (χ1) is 18.3. The summed E-state index contributed by atoms with van der Waals surface area (Å²) in [6.45, 7) is 13.0. The molecule has 8 nitrogen and oxygen atoms in total. The standard InChI is InChI=1S/C30H38N6O2/c1-5-27(37)35-16-14-34(15-17-35)26(18-22-6-7-22)24-10-8-23(9-11-24)21(4)32-30-31-19-25-12-13-28(38)36(20(2)3)29(25)33-30/h5,8-13,19-22,26H,1,6-7,14-18H2,2-4H3,(H,31,32,33)/t21-,26-/m0/s1. The van der Waals surface area contributed by atoms with Crippen molar-refractivity contribution < 1.29 is 4.79 Å². The number of hydrogen-bond acceptors (Lipinski definition) is 6. The van der Waals surface area contributed by atoms with E-state index in [0.717, 1.165) is 43.0 Å². The summed E-state index contributed by atoms with van der Waals surface area (Å²) in [5.74, 6) is 1.34. The van der Waals surface area contributed by atoms with Gasteiger partial charge in [-0.1, -0.05) is 43.7 Å². The molecule has 5 rings (SSSR count). The quantitative estimate of drug-likeness (QED) is 0.416. The van der Waals surface area contributed by atoms with E-state index in [1.54, 1.807) is 22.9 Å². The number of aromatic nitrogens is 3. The maximum Gasteiger partial charge on any atom is 0.252 e. The first kappa shape index (κ1) is 26.1. The van der Waals surface area contributed by atoms with Crippen LogP contribution in [0.3, 0.4) is 0 Å². The van der Waals surface area contributed by atoms with Crippen molar-refractivity contribution in [2.75, 3.05) is 31.5 Å². The number of nitrogens with zero attached hydrogens (tertiary/aromatic N) is 5. The Balaban J connectivity index is 1.30. The fourth-order valence-corrected chi connectivity index (χ4v) is 5.44. The zero-order valence-corrected chi connectivity index (χ0v) is 22.6. The largest absolute Gasteiger partial charge is 0.348 e. The van der Waals surface area contributed by atoms with Crippen LogP contribution in [-0.2, 0) is 4.79 Å². The molecule has 38 heavy (non-hydrogen) atoms. The number of fused-ring (bicyclic) bond motifs is 1. The Labute approximate surface area is 224 Å². The minimum Gasteiger partial charge on any atom is -0.348 e. The Morgan fingerprint density at radius 1 is 1.05 bits per heavy atom. The molecule has 200 valence electrons. The zero-order valence-electron chi connectivity index (χ0n) is 22.6. The molecule has 0 unspecified atom stereocenters. The van der Waals surface area contributed by atoms with Crippen LogP contribution in [0.15, 0.2) is 60.0 Å². The first-order valence-corrected chi connectivity index (χ1v) is 13.7. The summed E-state index contributed by atoms with van der Waals surface area (Å²) in [4.78, 5) is 38.1. The summed E-state index contributed by atoms with van der Waals surface area (Å²) >= 11 is 0. The maximum absolute atomic E-state index is 12.4. The van der Waals surface area contributed by atoms with Gasteiger partial charge in [-0.2, -0.15) is 4.98 Å². The molecule has 1 aromatic carbocycles. The van der Waals surface area contributed by atoms with Gasteiger partial charge in [0, 0.05) is 55.9 Å². The topological polar surface area (TPSA) is 83.4 Å². The second-order valence-electron chi connectivity index (χ2n) is 10.9. The average molecular weight is 515 g/mol. The number of anilines is 1. The van der Waals surface area contributed by atoms with Gasteiger partial charge in [-0.05, 0) is 56.4 Å².